The molecule has 118 valence electrons. The summed E-state index contributed by atoms with van der Waals surface area (Å²) in [4.78, 5) is 20.0. The molecule has 1 aromatic carbocycles. The molecule has 0 saturated heterocycles. The van der Waals surface area contributed by atoms with Crippen LogP contribution >= 0.6 is 0 Å². The summed E-state index contributed by atoms with van der Waals surface area (Å²) in [5, 5.41) is 8.88. The molecule has 0 fully saturated rings. The van der Waals surface area contributed by atoms with Crippen LogP contribution in [0.2, 0.25) is 0 Å². The molecule has 0 atom stereocenters. The van der Waals surface area contributed by atoms with Crippen LogP contribution in [0, 0.1) is 5.92 Å². The van der Waals surface area contributed by atoms with Crippen molar-refractivity contribution in [2.45, 2.75) is 26.7 Å². The minimum Gasteiger partial charge on any atom is -0.481 e. The van der Waals surface area contributed by atoms with Crippen molar-refractivity contribution in [2.75, 3.05) is 0 Å². The van der Waals surface area contributed by atoms with Crippen LogP contribution in [0.15, 0.2) is 42.6 Å². The van der Waals surface area contributed by atoms with Gasteiger partial charge >= 0.3 is 5.97 Å². The summed E-state index contributed by atoms with van der Waals surface area (Å²) in [6.07, 6.45) is 2.65. The predicted octanol–water partition coefficient (Wildman–Crippen LogP) is 3.25. The maximum Gasteiger partial charge on any atom is 0.307 e. The molecule has 0 aliphatic heterocycles. The average molecular weight is 309 g/mol. The molecule has 0 radical (unpaired) electrons. The van der Waals surface area contributed by atoms with Crippen LogP contribution < -0.4 is 0 Å². The number of carboxylic acids is 1. The Balaban J connectivity index is 2.08. The second-order valence-electron chi connectivity index (χ2n) is 6.04. The van der Waals surface area contributed by atoms with Crippen LogP contribution in [-0.4, -0.2) is 25.6 Å². The number of aliphatic carboxylic acids is 1. The van der Waals surface area contributed by atoms with Gasteiger partial charge < -0.3 is 5.11 Å². The van der Waals surface area contributed by atoms with Crippen molar-refractivity contribution in [1.82, 2.24) is 14.5 Å². The second kappa shape index (κ2) is 6.20. The van der Waals surface area contributed by atoms with E-state index in [4.69, 9.17) is 10.1 Å². The topological polar surface area (TPSA) is 68.0 Å². The van der Waals surface area contributed by atoms with Crippen LogP contribution in [-0.2, 0) is 17.6 Å². The minimum absolute atomic E-state index is 0.0298. The van der Waals surface area contributed by atoms with E-state index in [1.807, 2.05) is 36.4 Å². The molecule has 3 rings (SSSR count). The third kappa shape index (κ3) is 3.23. The Morgan fingerprint density at radius 2 is 1.96 bits per heavy atom. The molecule has 5 nitrogen and oxygen atoms in total. The van der Waals surface area contributed by atoms with E-state index in [0.717, 1.165) is 34.7 Å². The molecule has 0 unspecified atom stereocenters. The molecule has 5 heteroatoms. The normalized spacial score (nSPS) is 11.3. The number of benzene rings is 1. The van der Waals surface area contributed by atoms with Gasteiger partial charge in [-0.05, 0) is 35.7 Å². The Kier molecular flexibility index (Phi) is 4.10. The molecule has 23 heavy (non-hydrogen) atoms. The largest absolute Gasteiger partial charge is 0.481 e. The van der Waals surface area contributed by atoms with Gasteiger partial charge in [0.05, 0.1) is 6.42 Å². The predicted molar refractivity (Wildman–Crippen MR) is 88.7 cm³/mol. The number of carboxylic acid groups (broad SMARTS) is 1. The van der Waals surface area contributed by atoms with Gasteiger partial charge in [0.1, 0.15) is 11.3 Å². The van der Waals surface area contributed by atoms with Gasteiger partial charge in [0.25, 0.3) is 0 Å². The second-order valence-corrected chi connectivity index (χ2v) is 6.04. The molecule has 3 aromatic rings. The molecular formula is C18H19N3O2. The van der Waals surface area contributed by atoms with E-state index in [9.17, 15) is 4.79 Å². The van der Waals surface area contributed by atoms with E-state index in [0.29, 0.717) is 5.92 Å². The summed E-state index contributed by atoms with van der Waals surface area (Å²) >= 11 is 0. The Morgan fingerprint density at radius 1 is 1.22 bits per heavy atom. The summed E-state index contributed by atoms with van der Waals surface area (Å²) in [5.74, 6) is 0.629. The maximum atomic E-state index is 10.8. The van der Waals surface area contributed by atoms with Gasteiger partial charge in [-0.25, -0.2) is 9.97 Å². The summed E-state index contributed by atoms with van der Waals surface area (Å²) in [6, 6.07) is 11.4. The zero-order valence-electron chi connectivity index (χ0n) is 13.2. The quantitative estimate of drug-likeness (QED) is 0.785. The van der Waals surface area contributed by atoms with Gasteiger partial charge in [-0.3, -0.25) is 9.36 Å². The molecule has 2 aromatic heterocycles. The number of nitrogens with zero attached hydrogens (tertiary/aromatic N) is 3. The number of pyridine rings is 1. The first kappa shape index (κ1) is 15.2. The van der Waals surface area contributed by atoms with Gasteiger partial charge in [0.2, 0.25) is 0 Å². The smallest absolute Gasteiger partial charge is 0.307 e. The summed E-state index contributed by atoms with van der Waals surface area (Å²) in [6.45, 7) is 4.32. The molecule has 0 spiro atoms. The number of imidazole rings is 1. The zero-order valence-corrected chi connectivity index (χ0v) is 13.2. The van der Waals surface area contributed by atoms with Crippen molar-refractivity contribution in [1.29, 1.82) is 0 Å². The van der Waals surface area contributed by atoms with Crippen LogP contribution in [0.25, 0.3) is 16.9 Å². The first-order valence-electron chi connectivity index (χ1n) is 7.68. The van der Waals surface area contributed by atoms with E-state index < -0.39 is 5.97 Å². The highest BCUT2D eigenvalue weighted by Crippen LogP contribution is 2.22. The fourth-order valence-corrected chi connectivity index (χ4v) is 2.67. The van der Waals surface area contributed by atoms with Crippen molar-refractivity contribution in [2.24, 2.45) is 5.92 Å². The summed E-state index contributed by atoms with van der Waals surface area (Å²) < 4.78 is 2.06. The molecule has 0 aliphatic rings. The first-order chi connectivity index (χ1) is 11.0. The van der Waals surface area contributed by atoms with Crippen LogP contribution in [0.4, 0.5) is 0 Å². The number of fused-ring (bicyclic) bond motifs is 1. The monoisotopic (exact) mass is 309 g/mol. The van der Waals surface area contributed by atoms with Crippen molar-refractivity contribution in [3.63, 3.8) is 0 Å². The molecule has 0 aliphatic carbocycles. The lowest BCUT2D eigenvalue weighted by Crippen LogP contribution is -2.06. The van der Waals surface area contributed by atoms with Gasteiger partial charge in [-0.1, -0.05) is 26.0 Å². The Morgan fingerprint density at radius 3 is 2.61 bits per heavy atom. The lowest BCUT2D eigenvalue weighted by molar-refractivity contribution is -0.136. The SMILES string of the molecule is CC(C)Cc1nc2cccnc2n1-c1ccc(CC(=O)O)cc1. The Labute approximate surface area is 134 Å². The van der Waals surface area contributed by atoms with E-state index in [1.54, 1.807) is 6.20 Å². The summed E-state index contributed by atoms with van der Waals surface area (Å²) in [5.41, 5.74) is 3.44. The standard InChI is InChI=1S/C18H19N3O2/c1-12(2)10-16-20-15-4-3-9-19-18(15)21(16)14-7-5-13(6-8-14)11-17(22)23/h3-9,12H,10-11H2,1-2H3,(H,22,23). The highest BCUT2D eigenvalue weighted by molar-refractivity contribution is 5.74. The average Bonchev–Trinajstić information content (AvgIpc) is 2.84. The fraction of sp³-hybridized carbons (Fsp3) is 0.278. The van der Waals surface area contributed by atoms with Crippen molar-refractivity contribution in [3.05, 3.63) is 54.0 Å². The van der Waals surface area contributed by atoms with Gasteiger partial charge in [0, 0.05) is 18.3 Å². The van der Waals surface area contributed by atoms with Crippen LogP contribution in [0.1, 0.15) is 25.2 Å². The number of hydrogen-bond acceptors (Lipinski definition) is 3. The molecule has 0 bridgehead atoms. The number of rotatable bonds is 5. The Hall–Kier alpha value is -2.69. The minimum atomic E-state index is -0.826. The van der Waals surface area contributed by atoms with E-state index in [2.05, 4.69) is 23.4 Å². The zero-order chi connectivity index (χ0) is 16.4. The van der Waals surface area contributed by atoms with Gasteiger partial charge in [-0.15, -0.1) is 0 Å². The maximum absolute atomic E-state index is 10.8. The van der Waals surface area contributed by atoms with Crippen molar-refractivity contribution < 1.29 is 9.90 Å². The molecule has 0 amide bonds. The van der Waals surface area contributed by atoms with E-state index in [-0.39, 0.29) is 6.42 Å². The van der Waals surface area contributed by atoms with E-state index in [1.165, 1.54) is 0 Å². The third-order valence-corrected chi connectivity index (χ3v) is 3.63. The van der Waals surface area contributed by atoms with E-state index >= 15 is 0 Å². The fourth-order valence-electron chi connectivity index (χ4n) is 2.67. The highest BCUT2D eigenvalue weighted by atomic mass is 16.4. The molecule has 1 N–H and O–H groups in total. The number of hydrogen-bond donors (Lipinski definition) is 1. The first-order valence-corrected chi connectivity index (χ1v) is 7.68. The molecule has 2 heterocycles. The number of aromatic nitrogens is 3. The van der Waals surface area contributed by atoms with Gasteiger partial charge in [-0.2, -0.15) is 0 Å². The Bertz CT molecular complexity index is 835. The highest BCUT2D eigenvalue weighted by Gasteiger charge is 2.14. The molecular weight excluding hydrogens is 290 g/mol. The van der Waals surface area contributed by atoms with Crippen molar-refractivity contribution >= 4 is 17.1 Å². The third-order valence-electron chi connectivity index (χ3n) is 3.63. The van der Waals surface area contributed by atoms with Gasteiger partial charge in [0.15, 0.2) is 5.65 Å². The summed E-state index contributed by atoms with van der Waals surface area (Å²) in [7, 11) is 0. The lowest BCUT2D eigenvalue weighted by Gasteiger charge is -2.11. The van der Waals surface area contributed by atoms with Crippen LogP contribution in [0.3, 0.4) is 0 Å². The number of carbonyl (C=O) groups is 1. The molecule has 0 saturated carbocycles. The van der Waals surface area contributed by atoms with Crippen molar-refractivity contribution in [3.8, 4) is 5.69 Å². The van der Waals surface area contributed by atoms with Crippen LogP contribution in [0.5, 0.6) is 0 Å². The lowest BCUT2D eigenvalue weighted by atomic mass is 10.1.